The number of nitrogens with zero attached hydrogens (tertiary/aromatic N) is 1. The van der Waals surface area contributed by atoms with Crippen molar-refractivity contribution in [1.82, 2.24) is 4.31 Å². The molecule has 4 nitrogen and oxygen atoms in total. The van der Waals surface area contributed by atoms with Gasteiger partial charge in [-0.1, -0.05) is 0 Å². The number of halogens is 1. The average molecular weight is 200 g/mol. The molecule has 6 heteroatoms. The van der Waals surface area contributed by atoms with Gasteiger partial charge in [0.05, 0.1) is 12.1 Å². The summed E-state index contributed by atoms with van der Waals surface area (Å²) in [5.41, 5.74) is -0.513. The van der Waals surface area contributed by atoms with E-state index in [0.29, 0.717) is 6.61 Å². The van der Waals surface area contributed by atoms with Gasteiger partial charge in [0.2, 0.25) is 0 Å². The van der Waals surface area contributed by atoms with E-state index in [9.17, 15) is 8.42 Å². The molecule has 0 unspecified atom stereocenters. The van der Waals surface area contributed by atoms with Crippen LogP contribution in [0.2, 0.25) is 0 Å². The summed E-state index contributed by atoms with van der Waals surface area (Å²) in [7, 11) is 1.51. The first-order valence-electron chi connectivity index (χ1n) is 3.14. The molecule has 66 valence electrons. The molecule has 0 spiro atoms. The average Bonchev–Trinajstić information content (AvgIpc) is 2.06. The maximum absolute atomic E-state index is 10.9. The Morgan fingerprint density at radius 1 is 1.55 bits per heavy atom. The van der Waals surface area contributed by atoms with Crippen molar-refractivity contribution < 1.29 is 13.2 Å². The molecule has 0 aliphatic carbocycles. The minimum Gasteiger partial charge on any atom is -0.363 e. The van der Waals surface area contributed by atoms with Gasteiger partial charge in [0.15, 0.2) is 0 Å². The van der Waals surface area contributed by atoms with Crippen LogP contribution in [0.3, 0.4) is 0 Å². The molecule has 0 atom stereocenters. The van der Waals surface area contributed by atoms with Gasteiger partial charge in [-0.3, -0.25) is 0 Å². The number of ether oxygens (including phenoxy) is 1. The molecule has 1 rings (SSSR count). The lowest BCUT2D eigenvalue weighted by Crippen LogP contribution is -2.41. The predicted octanol–water partition coefficient (Wildman–Crippen LogP) is 0.538. The summed E-state index contributed by atoms with van der Waals surface area (Å²) in [6.45, 7) is 3.97. The standard InChI is InChI=1S/C5H10ClNO3S/c1-5(2)3-10-4-7(5)11(6,8)9/h3-4H2,1-2H3. The van der Waals surface area contributed by atoms with Crippen LogP contribution in [0.4, 0.5) is 0 Å². The van der Waals surface area contributed by atoms with Crippen LogP contribution in [0, 0.1) is 0 Å². The minimum atomic E-state index is -3.63. The largest absolute Gasteiger partial charge is 0.363 e. The number of hydrogen-bond acceptors (Lipinski definition) is 3. The van der Waals surface area contributed by atoms with E-state index in [-0.39, 0.29) is 6.73 Å². The van der Waals surface area contributed by atoms with E-state index in [4.69, 9.17) is 15.4 Å². The lowest BCUT2D eigenvalue weighted by molar-refractivity contribution is 0.171. The normalized spacial score (nSPS) is 25.7. The van der Waals surface area contributed by atoms with Crippen molar-refractivity contribution >= 4 is 19.9 Å². The van der Waals surface area contributed by atoms with E-state index >= 15 is 0 Å². The van der Waals surface area contributed by atoms with Gasteiger partial charge < -0.3 is 4.74 Å². The van der Waals surface area contributed by atoms with Crippen molar-refractivity contribution in [2.45, 2.75) is 19.4 Å². The molecule has 0 N–H and O–H groups in total. The Bertz CT molecular complexity index is 248. The van der Waals surface area contributed by atoms with Crippen molar-refractivity contribution in [3.05, 3.63) is 0 Å². The highest BCUT2D eigenvalue weighted by Crippen LogP contribution is 2.26. The summed E-state index contributed by atoms with van der Waals surface area (Å²) < 4.78 is 27.8. The van der Waals surface area contributed by atoms with Crippen LogP contribution >= 0.6 is 10.7 Å². The molecule has 1 aliphatic rings. The van der Waals surface area contributed by atoms with Crippen molar-refractivity contribution in [2.75, 3.05) is 13.3 Å². The van der Waals surface area contributed by atoms with Gasteiger partial charge in [0.25, 0.3) is 0 Å². The SMILES string of the molecule is CC1(C)COCN1S(=O)(=O)Cl. The fourth-order valence-electron chi connectivity index (χ4n) is 0.983. The number of rotatable bonds is 1. The lowest BCUT2D eigenvalue weighted by Gasteiger charge is -2.24. The first kappa shape index (κ1) is 9.25. The van der Waals surface area contributed by atoms with Gasteiger partial charge in [-0.15, -0.1) is 0 Å². The van der Waals surface area contributed by atoms with Gasteiger partial charge >= 0.3 is 9.24 Å². The third kappa shape index (κ3) is 1.84. The maximum Gasteiger partial charge on any atom is 0.302 e. The van der Waals surface area contributed by atoms with E-state index in [1.807, 2.05) is 0 Å². The van der Waals surface area contributed by atoms with Crippen LogP contribution in [-0.2, 0) is 14.0 Å². The summed E-state index contributed by atoms with van der Waals surface area (Å²) in [4.78, 5) is 0. The first-order chi connectivity index (χ1) is 4.84. The van der Waals surface area contributed by atoms with Crippen LogP contribution in [0.15, 0.2) is 0 Å². The van der Waals surface area contributed by atoms with Crippen molar-refractivity contribution in [2.24, 2.45) is 0 Å². The van der Waals surface area contributed by atoms with Crippen LogP contribution in [0.1, 0.15) is 13.8 Å². The van der Waals surface area contributed by atoms with Gasteiger partial charge in [-0.25, -0.2) is 0 Å². The molecule has 1 fully saturated rings. The Morgan fingerprint density at radius 3 is 2.27 bits per heavy atom. The van der Waals surface area contributed by atoms with E-state index < -0.39 is 14.8 Å². The van der Waals surface area contributed by atoms with Crippen LogP contribution in [0.25, 0.3) is 0 Å². The second kappa shape index (κ2) is 2.58. The quantitative estimate of drug-likeness (QED) is 0.579. The van der Waals surface area contributed by atoms with E-state index in [1.165, 1.54) is 0 Å². The summed E-state index contributed by atoms with van der Waals surface area (Å²) in [5, 5.41) is 0. The number of hydrogen-bond donors (Lipinski definition) is 0. The van der Waals surface area contributed by atoms with Crippen molar-refractivity contribution in [3.63, 3.8) is 0 Å². The third-order valence-electron chi connectivity index (χ3n) is 1.60. The summed E-state index contributed by atoms with van der Waals surface area (Å²) in [6, 6.07) is 0. The Kier molecular flexibility index (Phi) is 2.17. The molecule has 0 saturated carbocycles. The van der Waals surface area contributed by atoms with Gasteiger partial charge in [0, 0.05) is 10.7 Å². The second-order valence-electron chi connectivity index (χ2n) is 3.08. The molecule has 0 amide bonds. The molecule has 1 saturated heterocycles. The fourth-order valence-corrected chi connectivity index (χ4v) is 2.51. The zero-order valence-corrected chi connectivity index (χ0v) is 7.94. The molecule has 0 radical (unpaired) electrons. The summed E-state index contributed by atoms with van der Waals surface area (Å²) in [6.07, 6.45) is 0. The van der Waals surface area contributed by atoms with Crippen molar-refractivity contribution in [3.8, 4) is 0 Å². The van der Waals surface area contributed by atoms with E-state index in [0.717, 1.165) is 4.31 Å². The molecule has 1 aliphatic heterocycles. The highest BCUT2D eigenvalue weighted by Gasteiger charge is 2.40. The topological polar surface area (TPSA) is 46.6 Å². The zero-order chi connectivity index (χ0) is 8.70. The third-order valence-corrected chi connectivity index (χ3v) is 3.23. The molecular weight excluding hydrogens is 190 g/mol. The van der Waals surface area contributed by atoms with Gasteiger partial charge in [0.1, 0.15) is 6.73 Å². The molecule has 1 heterocycles. The predicted molar refractivity (Wildman–Crippen MR) is 41.5 cm³/mol. The first-order valence-corrected chi connectivity index (χ1v) is 5.41. The van der Waals surface area contributed by atoms with Crippen LogP contribution in [0.5, 0.6) is 0 Å². The van der Waals surface area contributed by atoms with Gasteiger partial charge in [-0.2, -0.15) is 12.7 Å². The maximum atomic E-state index is 10.9. The Hall–Kier alpha value is 0.160. The highest BCUT2D eigenvalue weighted by atomic mass is 35.7. The summed E-state index contributed by atoms with van der Waals surface area (Å²) >= 11 is 0. The minimum absolute atomic E-state index is 0.0544. The Morgan fingerprint density at radius 2 is 2.09 bits per heavy atom. The molecule has 11 heavy (non-hydrogen) atoms. The van der Waals surface area contributed by atoms with Crippen LogP contribution in [-0.4, -0.2) is 31.6 Å². The molecule has 0 aromatic rings. The highest BCUT2D eigenvalue weighted by molar-refractivity contribution is 8.11. The molecule has 0 aromatic carbocycles. The monoisotopic (exact) mass is 199 g/mol. The summed E-state index contributed by atoms with van der Waals surface area (Å²) in [5.74, 6) is 0. The molecular formula is C5H10ClNO3S. The smallest absolute Gasteiger partial charge is 0.302 e. The molecule has 0 bridgehead atoms. The lowest BCUT2D eigenvalue weighted by atomic mass is 10.1. The van der Waals surface area contributed by atoms with E-state index in [1.54, 1.807) is 13.8 Å². The van der Waals surface area contributed by atoms with Gasteiger partial charge in [-0.05, 0) is 13.8 Å². The van der Waals surface area contributed by atoms with E-state index in [2.05, 4.69) is 0 Å². The zero-order valence-electron chi connectivity index (χ0n) is 6.37. The van der Waals surface area contributed by atoms with Crippen LogP contribution < -0.4 is 0 Å². The fraction of sp³-hybridized carbons (Fsp3) is 1.00. The van der Waals surface area contributed by atoms with Crippen molar-refractivity contribution in [1.29, 1.82) is 0 Å². The second-order valence-corrected chi connectivity index (χ2v) is 5.52. The Labute approximate surface area is 70.6 Å². The molecule has 0 aromatic heterocycles. The Balaban J connectivity index is 2.91.